The van der Waals surface area contributed by atoms with Crippen LogP contribution in [0.4, 0.5) is 0 Å². The molecular weight excluding hydrogens is 86.9 g/mol. The van der Waals surface area contributed by atoms with Crippen LogP contribution in [0.25, 0.3) is 0 Å². The second-order valence-corrected chi connectivity index (χ2v) is 1.49. The Kier molecular flexibility index (Phi) is 6.05. The van der Waals surface area contributed by atoms with Crippen LogP contribution >= 0.6 is 0 Å². The van der Waals surface area contributed by atoms with E-state index in [2.05, 4.69) is 0 Å². The second-order valence-electron chi connectivity index (χ2n) is 1.49. The number of methoxy groups -OCH3 is 1. The van der Waals surface area contributed by atoms with Crippen molar-refractivity contribution >= 4 is 7.85 Å². The molecule has 40 valence electrons. The Morgan fingerprint density at radius 2 is 2.14 bits per heavy atom. The highest BCUT2D eigenvalue weighted by Gasteiger charge is 1.79. The van der Waals surface area contributed by atoms with E-state index in [1.807, 2.05) is 0 Å². The van der Waals surface area contributed by atoms with Gasteiger partial charge in [-0.25, -0.2) is 0 Å². The van der Waals surface area contributed by atoms with Gasteiger partial charge in [0.25, 0.3) is 0 Å². The first-order valence-electron chi connectivity index (χ1n) is 2.61. The van der Waals surface area contributed by atoms with E-state index < -0.39 is 0 Å². The molecule has 0 fully saturated rings. The van der Waals surface area contributed by atoms with Gasteiger partial charge in [-0.15, -0.1) is 0 Å². The molecule has 0 aliphatic carbocycles. The summed E-state index contributed by atoms with van der Waals surface area (Å²) in [6.45, 7) is 0.844. The maximum absolute atomic E-state index is 5.21. The maximum Gasteiger partial charge on any atom is 0.0653 e. The van der Waals surface area contributed by atoms with E-state index >= 15 is 0 Å². The lowest BCUT2D eigenvalue weighted by Crippen LogP contribution is -1.86. The summed E-state index contributed by atoms with van der Waals surface area (Å²) in [5.41, 5.74) is 0. The first kappa shape index (κ1) is 7.02. The third-order valence-electron chi connectivity index (χ3n) is 0.803. The molecule has 0 atom stereocenters. The highest BCUT2D eigenvalue weighted by atomic mass is 16.5. The summed E-state index contributed by atoms with van der Waals surface area (Å²) in [5, 5.41) is 0. The maximum atomic E-state index is 5.21. The molecule has 0 saturated carbocycles. The van der Waals surface area contributed by atoms with Crippen LogP contribution in [0.15, 0.2) is 0 Å². The van der Waals surface area contributed by atoms with Gasteiger partial charge in [0.2, 0.25) is 0 Å². The Labute approximate surface area is 46.5 Å². The Bertz CT molecular complexity index is 27.3. The van der Waals surface area contributed by atoms with Gasteiger partial charge in [0, 0.05) is 13.7 Å². The third-order valence-corrected chi connectivity index (χ3v) is 0.803. The molecule has 0 bridgehead atoms. The molecule has 0 heterocycles. The standard InChI is InChI=1S/C5H11BO/c1-7-5-3-2-4-6/h2-5H2,1H3. The number of rotatable bonds is 4. The summed E-state index contributed by atoms with van der Waals surface area (Å²) in [5.74, 6) is 0. The molecule has 0 saturated heterocycles. The SMILES string of the molecule is [B]CCCCOC. The van der Waals surface area contributed by atoms with Crippen LogP contribution in [0.1, 0.15) is 12.8 Å². The number of ether oxygens (including phenoxy) is 1. The fourth-order valence-electron chi connectivity index (χ4n) is 0.391. The predicted octanol–water partition coefficient (Wildman–Crippen LogP) is 1.000. The Balaban J connectivity index is 2.45. The molecule has 2 heteroatoms. The third kappa shape index (κ3) is 6.02. The van der Waals surface area contributed by atoms with Gasteiger partial charge in [-0.2, -0.15) is 0 Å². The van der Waals surface area contributed by atoms with Crippen molar-refractivity contribution in [2.45, 2.75) is 19.2 Å². The van der Waals surface area contributed by atoms with Gasteiger partial charge in [0.1, 0.15) is 0 Å². The van der Waals surface area contributed by atoms with Crippen LogP contribution in [-0.2, 0) is 4.74 Å². The van der Waals surface area contributed by atoms with E-state index in [1.165, 1.54) is 0 Å². The van der Waals surface area contributed by atoms with Gasteiger partial charge < -0.3 is 4.74 Å². The van der Waals surface area contributed by atoms with E-state index in [0.29, 0.717) is 0 Å². The topological polar surface area (TPSA) is 9.23 Å². The van der Waals surface area contributed by atoms with Crippen molar-refractivity contribution in [1.29, 1.82) is 0 Å². The Morgan fingerprint density at radius 3 is 2.57 bits per heavy atom. The summed E-state index contributed by atoms with van der Waals surface area (Å²) >= 11 is 0. The molecule has 0 aromatic carbocycles. The zero-order valence-corrected chi connectivity index (χ0v) is 4.81. The Hall–Kier alpha value is 0.0249. The molecule has 0 aromatic heterocycles. The highest BCUT2D eigenvalue weighted by Crippen LogP contribution is 1.90. The number of hydrogen-bond donors (Lipinski definition) is 0. The summed E-state index contributed by atoms with van der Waals surface area (Å²) in [6, 6.07) is 0. The van der Waals surface area contributed by atoms with Crippen molar-refractivity contribution in [1.82, 2.24) is 0 Å². The first-order valence-corrected chi connectivity index (χ1v) is 2.61. The molecular formula is C5H11BO. The number of hydrogen-bond acceptors (Lipinski definition) is 1. The van der Waals surface area contributed by atoms with Crippen molar-refractivity contribution in [2.75, 3.05) is 13.7 Å². The van der Waals surface area contributed by atoms with Crippen molar-refractivity contribution in [2.24, 2.45) is 0 Å². The fraction of sp³-hybridized carbons (Fsp3) is 1.00. The molecule has 0 aliphatic rings. The molecule has 0 aromatic rings. The fourth-order valence-corrected chi connectivity index (χ4v) is 0.391. The van der Waals surface area contributed by atoms with Crippen LogP contribution < -0.4 is 0 Å². The molecule has 0 amide bonds. The summed E-state index contributed by atoms with van der Waals surface area (Å²) in [4.78, 5) is 0. The highest BCUT2D eigenvalue weighted by molar-refractivity contribution is 6.08. The van der Waals surface area contributed by atoms with Crippen molar-refractivity contribution in [3.8, 4) is 0 Å². The van der Waals surface area contributed by atoms with Crippen LogP contribution in [0.2, 0.25) is 6.32 Å². The van der Waals surface area contributed by atoms with Crippen molar-refractivity contribution < 1.29 is 4.74 Å². The van der Waals surface area contributed by atoms with Gasteiger partial charge in [-0.1, -0.05) is 12.7 Å². The van der Waals surface area contributed by atoms with E-state index in [0.717, 1.165) is 25.8 Å². The average molecular weight is 98.0 g/mol. The monoisotopic (exact) mass is 98.1 g/mol. The molecule has 0 N–H and O–H groups in total. The van der Waals surface area contributed by atoms with Gasteiger partial charge in [0.15, 0.2) is 0 Å². The quantitative estimate of drug-likeness (QED) is 0.376. The lowest BCUT2D eigenvalue weighted by Gasteiger charge is -1.92. The Morgan fingerprint density at radius 1 is 1.43 bits per heavy atom. The van der Waals surface area contributed by atoms with Gasteiger partial charge in [-0.3, -0.25) is 0 Å². The average Bonchev–Trinajstić information content (AvgIpc) is 1.69. The molecule has 0 aliphatic heterocycles. The van der Waals surface area contributed by atoms with Gasteiger partial charge >= 0.3 is 0 Å². The van der Waals surface area contributed by atoms with Crippen molar-refractivity contribution in [3.63, 3.8) is 0 Å². The van der Waals surface area contributed by atoms with Crippen LogP contribution in [0.3, 0.4) is 0 Å². The summed E-state index contributed by atoms with van der Waals surface area (Å²) in [7, 11) is 6.92. The van der Waals surface area contributed by atoms with Gasteiger partial charge in [-0.05, 0) is 6.42 Å². The molecule has 7 heavy (non-hydrogen) atoms. The van der Waals surface area contributed by atoms with Crippen molar-refractivity contribution in [3.05, 3.63) is 0 Å². The first-order chi connectivity index (χ1) is 3.41. The zero-order valence-electron chi connectivity index (χ0n) is 4.81. The minimum atomic E-state index is 0.781. The molecule has 0 spiro atoms. The summed E-state index contributed by atoms with van der Waals surface area (Å²) in [6.07, 6.45) is 2.95. The lowest BCUT2D eigenvalue weighted by atomic mass is 10.0. The van der Waals surface area contributed by atoms with E-state index in [4.69, 9.17) is 12.6 Å². The smallest absolute Gasteiger partial charge is 0.0653 e. The minimum Gasteiger partial charge on any atom is -0.385 e. The van der Waals surface area contributed by atoms with E-state index in [-0.39, 0.29) is 0 Å². The molecule has 0 rings (SSSR count). The van der Waals surface area contributed by atoms with Crippen LogP contribution in [0.5, 0.6) is 0 Å². The normalized spacial score (nSPS) is 9.29. The van der Waals surface area contributed by atoms with Crippen LogP contribution in [0, 0.1) is 0 Å². The minimum absolute atomic E-state index is 0.781. The van der Waals surface area contributed by atoms with E-state index in [1.54, 1.807) is 7.11 Å². The predicted molar refractivity (Wildman–Crippen MR) is 31.7 cm³/mol. The second kappa shape index (κ2) is 6.02. The molecule has 2 radical (unpaired) electrons. The summed E-state index contributed by atoms with van der Waals surface area (Å²) < 4.78 is 4.79. The molecule has 1 nitrogen and oxygen atoms in total. The molecule has 0 unspecified atom stereocenters. The number of unbranched alkanes of at least 4 members (excludes halogenated alkanes) is 1. The zero-order chi connectivity index (χ0) is 5.54. The van der Waals surface area contributed by atoms with Crippen LogP contribution in [-0.4, -0.2) is 21.6 Å². The lowest BCUT2D eigenvalue weighted by molar-refractivity contribution is 0.194. The van der Waals surface area contributed by atoms with Gasteiger partial charge in [0.05, 0.1) is 7.85 Å². The van der Waals surface area contributed by atoms with E-state index in [9.17, 15) is 0 Å². The largest absolute Gasteiger partial charge is 0.385 e.